The lowest BCUT2D eigenvalue weighted by molar-refractivity contribution is 0.152. The van der Waals surface area contributed by atoms with Crippen LogP contribution in [-0.2, 0) is 6.54 Å². The van der Waals surface area contributed by atoms with Gasteiger partial charge in [-0.1, -0.05) is 18.6 Å². The predicted molar refractivity (Wildman–Crippen MR) is 83.7 cm³/mol. The summed E-state index contributed by atoms with van der Waals surface area (Å²) in [6.07, 6.45) is 6.48. The van der Waals surface area contributed by atoms with E-state index in [9.17, 15) is 0 Å². The summed E-state index contributed by atoms with van der Waals surface area (Å²) in [5, 5.41) is 1.19. The zero-order chi connectivity index (χ0) is 13.4. The zero-order valence-corrected chi connectivity index (χ0v) is 13.0. The molecule has 1 aliphatic heterocycles. The number of piperidine rings is 1. The molecule has 5 heteroatoms. The SMILES string of the molecule is CC1CCCCN1Cc1nc(C2CC2)c(C(N)=S)s1. The van der Waals surface area contributed by atoms with Crippen molar-refractivity contribution in [3.8, 4) is 0 Å². The van der Waals surface area contributed by atoms with Gasteiger partial charge in [-0.25, -0.2) is 4.98 Å². The maximum Gasteiger partial charge on any atom is 0.116 e. The Bertz CT molecular complexity index is 479. The predicted octanol–water partition coefficient (Wildman–Crippen LogP) is 3.03. The summed E-state index contributed by atoms with van der Waals surface area (Å²) in [7, 11) is 0. The first-order valence-electron chi connectivity index (χ1n) is 7.18. The number of likely N-dealkylation sites (tertiary alicyclic amines) is 1. The van der Waals surface area contributed by atoms with E-state index in [1.807, 2.05) is 0 Å². The summed E-state index contributed by atoms with van der Waals surface area (Å²) in [5.74, 6) is 0.625. The van der Waals surface area contributed by atoms with Crippen LogP contribution in [-0.4, -0.2) is 27.5 Å². The van der Waals surface area contributed by atoms with E-state index in [0.717, 1.165) is 11.4 Å². The van der Waals surface area contributed by atoms with E-state index >= 15 is 0 Å². The Morgan fingerprint density at radius 2 is 2.21 bits per heavy atom. The molecule has 0 aromatic carbocycles. The molecular weight excluding hydrogens is 274 g/mol. The summed E-state index contributed by atoms with van der Waals surface area (Å²) < 4.78 is 0. The fraction of sp³-hybridized carbons (Fsp3) is 0.714. The monoisotopic (exact) mass is 295 g/mol. The molecule has 1 aliphatic carbocycles. The van der Waals surface area contributed by atoms with Crippen LogP contribution in [0.2, 0.25) is 0 Å². The Hall–Kier alpha value is -0.520. The van der Waals surface area contributed by atoms with Crippen molar-refractivity contribution in [2.75, 3.05) is 6.54 Å². The van der Waals surface area contributed by atoms with Crippen molar-refractivity contribution in [3.05, 3.63) is 15.6 Å². The Kier molecular flexibility index (Phi) is 3.87. The molecule has 2 fully saturated rings. The highest BCUT2D eigenvalue weighted by atomic mass is 32.1. The number of aromatic nitrogens is 1. The average molecular weight is 295 g/mol. The van der Waals surface area contributed by atoms with E-state index in [4.69, 9.17) is 22.9 Å². The lowest BCUT2D eigenvalue weighted by Gasteiger charge is -2.32. The standard InChI is InChI=1S/C14H21N3S2/c1-9-4-2-3-7-17(9)8-11-16-12(10-5-6-10)13(19-11)14(15)18/h9-10H,2-8H2,1H3,(H2,15,18). The van der Waals surface area contributed by atoms with E-state index in [-0.39, 0.29) is 0 Å². The van der Waals surface area contributed by atoms with Crippen molar-refractivity contribution in [1.29, 1.82) is 0 Å². The van der Waals surface area contributed by atoms with E-state index in [2.05, 4.69) is 11.8 Å². The highest BCUT2D eigenvalue weighted by Gasteiger charge is 2.31. The molecule has 2 aliphatic rings. The summed E-state index contributed by atoms with van der Waals surface area (Å²) in [4.78, 5) is 8.97. The van der Waals surface area contributed by atoms with Gasteiger partial charge in [0.15, 0.2) is 0 Å². The van der Waals surface area contributed by atoms with E-state index in [1.165, 1.54) is 49.4 Å². The van der Waals surface area contributed by atoms with Crippen LogP contribution < -0.4 is 5.73 Å². The molecule has 1 aromatic rings. The minimum atomic E-state index is 0.525. The van der Waals surface area contributed by atoms with Gasteiger partial charge in [-0.05, 0) is 39.2 Å². The van der Waals surface area contributed by atoms with Gasteiger partial charge in [-0.2, -0.15) is 0 Å². The van der Waals surface area contributed by atoms with E-state index in [1.54, 1.807) is 11.3 Å². The van der Waals surface area contributed by atoms with Crippen molar-refractivity contribution in [3.63, 3.8) is 0 Å². The van der Waals surface area contributed by atoms with Crippen LogP contribution in [0.5, 0.6) is 0 Å². The van der Waals surface area contributed by atoms with Crippen LogP contribution >= 0.6 is 23.6 Å². The van der Waals surface area contributed by atoms with Crippen molar-refractivity contribution >= 4 is 28.5 Å². The number of hydrogen-bond donors (Lipinski definition) is 1. The number of rotatable bonds is 4. The van der Waals surface area contributed by atoms with Crippen molar-refractivity contribution in [1.82, 2.24) is 9.88 Å². The first kappa shape index (κ1) is 13.5. The molecule has 0 spiro atoms. The van der Waals surface area contributed by atoms with E-state index < -0.39 is 0 Å². The van der Waals surface area contributed by atoms with Crippen LogP contribution in [0, 0.1) is 0 Å². The largest absolute Gasteiger partial charge is 0.389 e. The molecule has 1 aromatic heterocycles. The Labute approximate surface area is 124 Å². The minimum Gasteiger partial charge on any atom is -0.389 e. The third-order valence-corrected chi connectivity index (χ3v) is 5.59. The quantitative estimate of drug-likeness (QED) is 0.867. The maximum absolute atomic E-state index is 5.84. The van der Waals surface area contributed by atoms with E-state index in [0.29, 0.717) is 16.9 Å². The molecule has 104 valence electrons. The summed E-state index contributed by atoms with van der Waals surface area (Å²) in [5.41, 5.74) is 7.02. The van der Waals surface area contributed by atoms with Crippen LogP contribution in [0.4, 0.5) is 0 Å². The fourth-order valence-corrected chi connectivity index (χ4v) is 4.08. The van der Waals surface area contributed by atoms with Crippen molar-refractivity contribution in [2.24, 2.45) is 5.73 Å². The Morgan fingerprint density at radius 1 is 1.42 bits per heavy atom. The number of thiazole rings is 1. The zero-order valence-electron chi connectivity index (χ0n) is 11.4. The summed E-state index contributed by atoms with van der Waals surface area (Å²) in [6.45, 7) is 4.49. The molecule has 1 atom stereocenters. The average Bonchev–Trinajstić information content (AvgIpc) is 3.13. The molecule has 0 radical (unpaired) electrons. The second kappa shape index (κ2) is 5.46. The van der Waals surface area contributed by atoms with Gasteiger partial charge in [0.2, 0.25) is 0 Å². The lowest BCUT2D eigenvalue weighted by Crippen LogP contribution is -2.36. The van der Waals surface area contributed by atoms with Gasteiger partial charge >= 0.3 is 0 Å². The first-order chi connectivity index (χ1) is 9.15. The third-order valence-electron chi connectivity index (χ3n) is 4.16. The van der Waals surface area contributed by atoms with Gasteiger partial charge in [0.25, 0.3) is 0 Å². The molecule has 0 bridgehead atoms. The van der Waals surface area contributed by atoms with Gasteiger partial charge < -0.3 is 5.73 Å². The second-order valence-electron chi connectivity index (χ2n) is 5.78. The molecular formula is C14H21N3S2. The normalized spacial score (nSPS) is 24.6. The van der Waals surface area contributed by atoms with Crippen molar-refractivity contribution < 1.29 is 0 Å². The molecule has 1 unspecified atom stereocenters. The van der Waals surface area contributed by atoms with Crippen LogP contribution in [0.15, 0.2) is 0 Å². The fourth-order valence-electron chi connectivity index (χ4n) is 2.82. The molecule has 2 N–H and O–H groups in total. The van der Waals surface area contributed by atoms with Gasteiger partial charge in [-0.3, -0.25) is 4.90 Å². The van der Waals surface area contributed by atoms with Gasteiger partial charge in [0.05, 0.1) is 17.1 Å². The molecule has 19 heavy (non-hydrogen) atoms. The molecule has 1 saturated carbocycles. The maximum atomic E-state index is 5.84. The number of thiocarbonyl (C=S) groups is 1. The highest BCUT2D eigenvalue weighted by Crippen LogP contribution is 2.42. The second-order valence-corrected chi connectivity index (χ2v) is 7.30. The Balaban J connectivity index is 1.77. The third kappa shape index (κ3) is 2.98. The Morgan fingerprint density at radius 3 is 2.84 bits per heavy atom. The van der Waals surface area contributed by atoms with Crippen LogP contribution in [0.1, 0.15) is 60.5 Å². The highest BCUT2D eigenvalue weighted by molar-refractivity contribution is 7.81. The summed E-state index contributed by atoms with van der Waals surface area (Å²) in [6, 6.07) is 0.676. The molecule has 3 nitrogen and oxygen atoms in total. The minimum absolute atomic E-state index is 0.525. The van der Waals surface area contributed by atoms with Gasteiger partial charge in [0, 0.05) is 12.0 Å². The molecule has 0 amide bonds. The molecule has 1 saturated heterocycles. The van der Waals surface area contributed by atoms with Crippen molar-refractivity contribution in [2.45, 2.75) is 57.5 Å². The summed E-state index contributed by atoms with van der Waals surface area (Å²) >= 11 is 6.88. The lowest BCUT2D eigenvalue weighted by atomic mass is 10.0. The van der Waals surface area contributed by atoms with Crippen LogP contribution in [0.3, 0.4) is 0 Å². The van der Waals surface area contributed by atoms with Crippen LogP contribution in [0.25, 0.3) is 0 Å². The number of nitrogens with two attached hydrogens (primary N) is 1. The number of nitrogens with zero attached hydrogens (tertiary/aromatic N) is 2. The topological polar surface area (TPSA) is 42.2 Å². The first-order valence-corrected chi connectivity index (χ1v) is 8.41. The number of hydrogen-bond acceptors (Lipinski definition) is 4. The molecule has 3 rings (SSSR count). The van der Waals surface area contributed by atoms with Gasteiger partial charge in [-0.15, -0.1) is 11.3 Å². The molecule has 2 heterocycles. The smallest absolute Gasteiger partial charge is 0.116 e. The van der Waals surface area contributed by atoms with Gasteiger partial charge in [0.1, 0.15) is 10.00 Å².